The summed E-state index contributed by atoms with van der Waals surface area (Å²) < 4.78 is 38.5. The van der Waals surface area contributed by atoms with Gasteiger partial charge in [-0.05, 0) is 6.08 Å². The number of thiazole rings is 1. The summed E-state index contributed by atoms with van der Waals surface area (Å²) in [6, 6.07) is 0. The van der Waals surface area contributed by atoms with Gasteiger partial charge >= 0.3 is 12.1 Å². The van der Waals surface area contributed by atoms with Crippen molar-refractivity contribution in [3.8, 4) is 0 Å². The van der Waals surface area contributed by atoms with Gasteiger partial charge < -0.3 is 10.0 Å². The van der Waals surface area contributed by atoms with Crippen LogP contribution in [0.15, 0.2) is 17.7 Å². The van der Waals surface area contributed by atoms with Crippen molar-refractivity contribution >= 4 is 34.2 Å². The average molecular weight is 319 g/mol. The average Bonchev–Trinajstić information content (AvgIpc) is 2.92. The standard InChI is InChI=1S/C12H12F3N3O2S/c1-17(5-4-12(13,14)15)10-8(2-3-9(19)20)18-6-7-21-11(18)16-10/h2-3,6-7H,4-5H2,1H3,(H,19,20). The van der Waals surface area contributed by atoms with Crippen LogP contribution in [0, 0.1) is 0 Å². The van der Waals surface area contributed by atoms with E-state index in [9.17, 15) is 18.0 Å². The van der Waals surface area contributed by atoms with Crippen LogP contribution in [0.3, 0.4) is 0 Å². The number of rotatable bonds is 5. The van der Waals surface area contributed by atoms with E-state index in [2.05, 4.69) is 4.98 Å². The van der Waals surface area contributed by atoms with Gasteiger partial charge in [-0.1, -0.05) is 0 Å². The maximum Gasteiger partial charge on any atom is 0.390 e. The zero-order valence-electron chi connectivity index (χ0n) is 11.0. The Kier molecular flexibility index (Phi) is 4.21. The van der Waals surface area contributed by atoms with Gasteiger partial charge in [0, 0.05) is 31.2 Å². The second-order valence-corrected chi connectivity index (χ2v) is 5.21. The lowest BCUT2D eigenvalue weighted by atomic mass is 10.3. The first kappa shape index (κ1) is 15.4. The Hall–Kier alpha value is -2.03. The molecule has 0 unspecified atom stereocenters. The largest absolute Gasteiger partial charge is 0.478 e. The molecule has 5 nitrogen and oxygen atoms in total. The Bertz CT molecular complexity index is 675. The van der Waals surface area contributed by atoms with Crippen LogP contribution in [0.25, 0.3) is 11.0 Å². The highest BCUT2D eigenvalue weighted by Gasteiger charge is 2.28. The lowest BCUT2D eigenvalue weighted by Crippen LogP contribution is -2.24. The molecule has 9 heteroatoms. The first-order chi connectivity index (χ1) is 9.78. The lowest BCUT2D eigenvalue weighted by Gasteiger charge is -2.18. The van der Waals surface area contributed by atoms with Crippen molar-refractivity contribution in [3.63, 3.8) is 0 Å². The van der Waals surface area contributed by atoms with Gasteiger partial charge in [-0.3, -0.25) is 4.40 Å². The van der Waals surface area contributed by atoms with Crippen LogP contribution in [-0.2, 0) is 4.79 Å². The van der Waals surface area contributed by atoms with Crippen molar-refractivity contribution in [2.45, 2.75) is 12.6 Å². The molecule has 114 valence electrons. The fourth-order valence-electron chi connectivity index (χ4n) is 1.78. The number of aliphatic carboxylic acids is 1. The molecule has 0 saturated heterocycles. The smallest absolute Gasteiger partial charge is 0.390 e. The van der Waals surface area contributed by atoms with Gasteiger partial charge in [0.2, 0.25) is 0 Å². The molecule has 0 saturated carbocycles. The highest BCUT2D eigenvalue weighted by Crippen LogP contribution is 2.27. The van der Waals surface area contributed by atoms with E-state index in [1.165, 1.54) is 29.4 Å². The number of fused-ring (bicyclic) bond motifs is 1. The third kappa shape index (κ3) is 3.75. The summed E-state index contributed by atoms with van der Waals surface area (Å²) in [7, 11) is 1.50. The van der Waals surface area contributed by atoms with Crippen LogP contribution >= 0.6 is 11.3 Å². The zero-order chi connectivity index (χ0) is 15.6. The van der Waals surface area contributed by atoms with Gasteiger partial charge in [-0.25, -0.2) is 9.78 Å². The van der Waals surface area contributed by atoms with E-state index in [1.54, 1.807) is 16.0 Å². The maximum atomic E-state index is 12.3. The normalized spacial score (nSPS) is 12.4. The molecule has 0 fully saturated rings. The molecule has 0 amide bonds. The van der Waals surface area contributed by atoms with E-state index < -0.39 is 18.6 Å². The molecular weight excluding hydrogens is 307 g/mol. The van der Waals surface area contributed by atoms with Crippen LogP contribution in [0.1, 0.15) is 12.1 Å². The van der Waals surface area contributed by atoms with Crippen LogP contribution in [0.2, 0.25) is 0 Å². The van der Waals surface area contributed by atoms with Crippen molar-refractivity contribution < 1.29 is 23.1 Å². The predicted octanol–water partition coefficient (Wildman–Crippen LogP) is 2.88. The van der Waals surface area contributed by atoms with Crippen LogP contribution in [0.4, 0.5) is 19.0 Å². The van der Waals surface area contributed by atoms with Crippen LogP contribution < -0.4 is 4.90 Å². The summed E-state index contributed by atoms with van der Waals surface area (Å²) in [5.41, 5.74) is 0.443. The van der Waals surface area contributed by atoms with Gasteiger partial charge in [0.1, 0.15) is 0 Å². The summed E-state index contributed by atoms with van der Waals surface area (Å²) in [6.07, 6.45) is -1.26. The number of imidazole rings is 1. The SMILES string of the molecule is CN(CCC(F)(F)F)c1nc2sccn2c1C=CC(=O)O. The number of hydrogen-bond donors (Lipinski definition) is 1. The van der Waals surface area contributed by atoms with Crippen molar-refractivity contribution in [1.29, 1.82) is 0 Å². The van der Waals surface area contributed by atoms with E-state index in [-0.39, 0.29) is 6.54 Å². The highest BCUT2D eigenvalue weighted by atomic mass is 32.1. The van der Waals surface area contributed by atoms with E-state index >= 15 is 0 Å². The first-order valence-electron chi connectivity index (χ1n) is 5.92. The number of carboxylic acids is 1. The van der Waals surface area contributed by atoms with Gasteiger partial charge in [0.15, 0.2) is 10.8 Å². The minimum atomic E-state index is -4.25. The fourth-order valence-corrected chi connectivity index (χ4v) is 2.49. The Labute approximate surface area is 121 Å². The maximum absolute atomic E-state index is 12.3. The van der Waals surface area contributed by atoms with Crippen molar-refractivity contribution in [1.82, 2.24) is 9.38 Å². The highest BCUT2D eigenvalue weighted by molar-refractivity contribution is 7.15. The second kappa shape index (κ2) is 5.76. The van der Waals surface area contributed by atoms with Gasteiger partial charge in [0.05, 0.1) is 12.1 Å². The molecule has 2 aromatic heterocycles. The molecular formula is C12H12F3N3O2S. The molecule has 0 aliphatic heterocycles. The topological polar surface area (TPSA) is 57.8 Å². The molecule has 0 radical (unpaired) electrons. The summed E-state index contributed by atoms with van der Waals surface area (Å²) >= 11 is 1.32. The van der Waals surface area contributed by atoms with Gasteiger partial charge in [-0.2, -0.15) is 13.2 Å². The summed E-state index contributed by atoms with van der Waals surface area (Å²) in [6.45, 7) is -0.248. The molecule has 0 atom stereocenters. The molecule has 0 bridgehead atoms. The zero-order valence-corrected chi connectivity index (χ0v) is 11.8. The molecule has 21 heavy (non-hydrogen) atoms. The molecule has 2 aromatic rings. The second-order valence-electron chi connectivity index (χ2n) is 4.33. The summed E-state index contributed by atoms with van der Waals surface area (Å²) in [5.74, 6) is -0.812. The van der Waals surface area contributed by atoms with Gasteiger partial charge in [-0.15, -0.1) is 11.3 Å². The van der Waals surface area contributed by atoms with Crippen molar-refractivity contribution in [2.75, 3.05) is 18.5 Å². The van der Waals surface area contributed by atoms with Crippen LogP contribution in [0.5, 0.6) is 0 Å². The Balaban J connectivity index is 2.31. The van der Waals surface area contributed by atoms with Crippen LogP contribution in [-0.4, -0.2) is 40.2 Å². The molecule has 0 spiro atoms. The minimum Gasteiger partial charge on any atom is -0.478 e. The first-order valence-corrected chi connectivity index (χ1v) is 6.80. The summed E-state index contributed by atoms with van der Waals surface area (Å²) in [5, 5.41) is 10.5. The van der Waals surface area contributed by atoms with Gasteiger partial charge in [0.25, 0.3) is 0 Å². The third-order valence-corrected chi connectivity index (χ3v) is 3.51. The number of hydrogen-bond acceptors (Lipinski definition) is 4. The Morgan fingerprint density at radius 2 is 2.29 bits per heavy atom. The van der Waals surface area contributed by atoms with Crippen molar-refractivity contribution in [3.05, 3.63) is 23.3 Å². The Morgan fingerprint density at radius 3 is 2.90 bits per heavy atom. The molecule has 0 aliphatic rings. The van der Waals surface area contributed by atoms with E-state index in [4.69, 9.17) is 5.11 Å². The fraction of sp³-hybridized carbons (Fsp3) is 0.333. The van der Waals surface area contributed by atoms with E-state index in [0.717, 1.165) is 6.08 Å². The number of anilines is 1. The molecule has 2 heterocycles. The van der Waals surface area contributed by atoms with Crippen molar-refractivity contribution in [2.24, 2.45) is 0 Å². The molecule has 2 rings (SSSR count). The third-order valence-electron chi connectivity index (χ3n) is 2.76. The number of alkyl halides is 3. The molecule has 0 aliphatic carbocycles. The van der Waals surface area contributed by atoms with E-state index in [1.807, 2.05) is 0 Å². The lowest BCUT2D eigenvalue weighted by molar-refractivity contribution is -0.132. The quantitative estimate of drug-likeness (QED) is 0.861. The molecule has 0 aromatic carbocycles. The monoisotopic (exact) mass is 319 g/mol. The number of halogens is 3. The van der Waals surface area contributed by atoms with E-state index in [0.29, 0.717) is 16.5 Å². The summed E-state index contributed by atoms with van der Waals surface area (Å²) in [4.78, 5) is 16.8. The minimum absolute atomic E-state index is 0.248. The number of carboxylic acid groups (broad SMARTS) is 1. The predicted molar refractivity (Wildman–Crippen MR) is 73.7 cm³/mol. The number of nitrogens with zero attached hydrogens (tertiary/aromatic N) is 3. The molecule has 1 N–H and O–H groups in total. The number of carbonyl (C=O) groups is 1. The number of aromatic nitrogens is 2. The Morgan fingerprint density at radius 1 is 1.57 bits per heavy atom.